The van der Waals surface area contributed by atoms with Gasteiger partial charge in [0.25, 0.3) is 0 Å². The number of imidazole rings is 1. The molecule has 0 aromatic carbocycles. The first kappa shape index (κ1) is 25.1. The number of ether oxygens (including phenoxy) is 1. The molecule has 176 valence electrons. The highest BCUT2D eigenvalue weighted by atomic mass is 31.2. The molecule has 2 aromatic heterocycles. The zero-order valence-corrected chi connectivity index (χ0v) is 17.2. The lowest BCUT2D eigenvalue weighted by atomic mass is 10.4. The number of fused-ring (bicyclic) bond motifs is 1. The molecule has 17 heteroatoms. The van der Waals surface area contributed by atoms with E-state index in [1.165, 1.54) is 10.9 Å². The molecule has 0 spiro atoms. The van der Waals surface area contributed by atoms with E-state index in [0.717, 1.165) is 0 Å². The fourth-order valence-electron chi connectivity index (χ4n) is 2.22. The molecule has 0 aliphatic heterocycles. The Morgan fingerprint density at radius 1 is 1.10 bits per heavy atom. The highest BCUT2D eigenvalue weighted by Gasteiger charge is 2.38. The molecule has 0 unspecified atom stereocenters. The average Bonchev–Trinajstić information content (AvgIpc) is 3.03. The molecule has 31 heavy (non-hydrogen) atoms. The van der Waals surface area contributed by atoms with Gasteiger partial charge in [-0.05, 0) is 0 Å². The second kappa shape index (κ2) is 9.54. The van der Waals surface area contributed by atoms with E-state index in [1.807, 2.05) is 0 Å². The molecule has 0 aliphatic rings. The Kier molecular flexibility index (Phi) is 7.73. The average molecular weight is 480 g/mol. The topological polar surface area (TPSA) is 118 Å². The van der Waals surface area contributed by atoms with Gasteiger partial charge in [-0.25, -0.2) is 4.98 Å². The van der Waals surface area contributed by atoms with Gasteiger partial charge >= 0.3 is 19.9 Å². The Balaban J connectivity index is 2.03. The molecule has 0 aliphatic carbocycles. The Bertz CT molecular complexity index is 912. The Labute approximate surface area is 171 Å². The smallest absolute Gasteiger partial charge is 0.368 e. The molecular weight excluding hydrogens is 461 g/mol. The third-order valence-corrected chi connectivity index (χ3v) is 5.01. The van der Waals surface area contributed by atoms with Crippen LogP contribution in [0.4, 0.5) is 38.1 Å². The van der Waals surface area contributed by atoms with Crippen LogP contribution in [0, 0.1) is 0 Å². The molecular formula is C14H19F6N6O4P. The van der Waals surface area contributed by atoms with Gasteiger partial charge in [-0.3, -0.25) is 13.6 Å². The summed E-state index contributed by atoms with van der Waals surface area (Å²) in [6.45, 7) is -4.37. The minimum Gasteiger partial charge on any atom is -0.368 e. The molecule has 0 amide bonds. The quantitative estimate of drug-likeness (QED) is 0.311. The van der Waals surface area contributed by atoms with Crippen LogP contribution in [-0.4, -0.2) is 72.1 Å². The number of hydrogen-bond donors (Lipinski definition) is 1. The van der Waals surface area contributed by atoms with Crippen molar-refractivity contribution in [3.63, 3.8) is 0 Å². The molecule has 10 nitrogen and oxygen atoms in total. The maximum atomic E-state index is 12.3. The molecule has 0 saturated carbocycles. The van der Waals surface area contributed by atoms with Crippen LogP contribution < -0.4 is 10.6 Å². The van der Waals surface area contributed by atoms with Crippen molar-refractivity contribution in [2.75, 3.05) is 50.9 Å². The van der Waals surface area contributed by atoms with Crippen molar-refractivity contribution in [1.82, 2.24) is 19.5 Å². The molecule has 2 rings (SSSR count). The van der Waals surface area contributed by atoms with Crippen molar-refractivity contribution < 1.29 is 44.7 Å². The molecule has 2 heterocycles. The predicted molar refractivity (Wildman–Crippen MR) is 96.5 cm³/mol. The van der Waals surface area contributed by atoms with Gasteiger partial charge < -0.3 is 19.9 Å². The maximum Gasteiger partial charge on any atom is 0.412 e. The molecule has 0 fully saturated rings. The van der Waals surface area contributed by atoms with Crippen LogP contribution in [0.2, 0.25) is 0 Å². The second-order valence-corrected chi connectivity index (χ2v) is 8.33. The van der Waals surface area contributed by atoms with Crippen molar-refractivity contribution in [1.29, 1.82) is 0 Å². The lowest BCUT2D eigenvalue weighted by Gasteiger charge is -2.20. The summed E-state index contributed by atoms with van der Waals surface area (Å²) in [4.78, 5) is 13.9. The Morgan fingerprint density at radius 2 is 1.68 bits per heavy atom. The molecule has 0 atom stereocenters. The highest BCUT2D eigenvalue weighted by Crippen LogP contribution is 2.50. The molecule has 0 bridgehead atoms. The Hall–Kier alpha value is -2.16. The normalized spacial score (nSPS) is 13.2. The summed E-state index contributed by atoms with van der Waals surface area (Å²) >= 11 is 0. The number of nitrogens with zero attached hydrogens (tertiary/aromatic N) is 5. The molecule has 0 radical (unpaired) electrons. The second-order valence-electron chi connectivity index (χ2n) is 6.34. The van der Waals surface area contributed by atoms with Crippen LogP contribution in [0.3, 0.4) is 0 Å². The van der Waals surface area contributed by atoms with Crippen LogP contribution in [0.1, 0.15) is 0 Å². The molecule has 0 saturated heterocycles. The van der Waals surface area contributed by atoms with Gasteiger partial charge in [-0.2, -0.15) is 36.3 Å². The number of aromatic nitrogens is 4. The van der Waals surface area contributed by atoms with Crippen LogP contribution in [-0.2, 0) is 24.9 Å². The first-order chi connectivity index (χ1) is 14.2. The number of nitrogen functional groups attached to an aromatic ring is 1. The van der Waals surface area contributed by atoms with Gasteiger partial charge in [-0.1, -0.05) is 0 Å². The number of rotatable bonds is 10. The summed E-state index contributed by atoms with van der Waals surface area (Å²) < 4.78 is 101. The first-order valence-electron chi connectivity index (χ1n) is 8.44. The van der Waals surface area contributed by atoms with Crippen LogP contribution >= 0.6 is 7.60 Å². The summed E-state index contributed by atoms with van der Waals surface area (Å²) in [5, 5.41) is 0. The minimum absolute atomic E-state index is 0.0123. The highest BCUT2D eigenvalue weighted by molar-refractivity contribution is 7.53. The van der Waals surface area contributed by atoms with Gasteiger partial charge in [0, 0.05) is 20.6 Å². The van der Waals surface area contributed by atoms with Crippen LogP contribution in [0.15, 0.2) is 6.33 Å². The third-order valence-electron chi connectivity index (χ3n) is 3.46. The standard InChI is InChI=1S/C14H19F6N6O4P/c1-25(2)10-9-11(24-12(21)23-10)26(7-22-9)3-4-28-8-31(27,29-5-13(15,16)17)30-6-14(18,19)20/h7H,3-6,8H2,1-2H3,(H2,21,23,24). The lowest BCUT2D eigenvalue weighted by molar-refractivity contribution is -0.166. The van der Waals surface area contributed by atoms with E-state index >= 15 is 0 Å². The van der Waals surface area contributed by atoms with E-state index in [1.54, 1.807) is 19.0 Å². The number of hydrogen-bond acceptors (Lipinski definition) is 9. The monoisotopic (exact) mass is 480 g/mol. The van der Waals surface area contributed by atoms with E-state index in [-0.39, 0.29) is 19.1 Å². The van der Waals surface area contributed by atoms with E-state index in [9.17, 15) is 30.9 Å². The first-order valence-corrected chi connectivity index (χ1v) is 10.2. The van der Waals surface area contributed by atoms with Gasteiger partial charge in [0.1, 0.15) is 6.35 Å². The molecule has 2 N–H and O–H groups in total. The van der Waals surface area contributed by atoms with Gasteiger partial charge in [0.05, 0.1) is 12.9 Å². The summed E-state index contributed by atoms with van der Waals surface area (Å²) in [6.07, 6.45) is -9.59. The fraction of sp³-hybridized carbons (Fsp3) is 0.643. The fourth-order valence-corrected chi connectivity index (χ4v) is 3.48. The summed E-state index contributed by atoms with van der Waals surface area (Å²) in [7, 11) is -1.41. The third kappa shape index (κ3) is 7.79. The zero-order chi connectivity index (χ0) is 23.4. The van der Waals surface area contributed by atoms with Crippen molar-refractivity contribution in [3.05, 3.63) is 6.33 Å². The Morgan fingerprint density at radius 3 is 2.19 bits per heavy atom. The van der Waals surface area contributed by atoms with Gasteiger partial charge in [-0.15, -0.1) is 0 Å². The van der Waals surface area contributed by atoms with E-state index in [4.69, 9.17) is 10.5 Å². The maximum absolute atomic E-state index is 12.3. The van der Waals surface area contributed by atoms with Gasteiger partial charge in [0.2, 0.25) is 5.95 Å². The SMILES string of the molecule is CN(C)c1nc(N)nc2c1ncn2CCOCP(=O)(OCC(F)(F)F)OCC(F)(F)F. The summed E-state index contributed by atoms with van der Waals surface area (Å²) in [5.41, 5.74) is 6.40. The predicted octanol–water partition coefficient (Wildman–Crippen LogP) is 2.80. The number of anilines is 2. The van der Waals surface area contributed by atoms with E-state index < -0.39 is 39.5 Å². The van der Waals surface area contributed by atoms with Gasteiger partial charge in [0.15, 0.2) is 30.2 Å². The van der Waals surface area contributed by atoms with Crippen molar-refractivity contribution in [3.8, 4) is 0 Å². The van der Waals surface area contributed by atoms with Crippen molar-refractivity contribution in [2.24, 2.45) is 0 Å². The van der Waals surface area contributed by atoms with Crippen molar-refractivity contribution in [2.45, 2.75) is 18.9 Å². The summed E-state index contributed by atoms with van der Waals surface area (Å²) in [5.74, 6) is 0.400. The number of halogens is 6. The zero-order valence-electron chi connectivity index (χ0n) is 16.3. The largest absolute Gasteiger partial charge is 0.412 e. The lowest BCUT2D eigenvalue weighted by Crippen LogP contribution is -2.21. The summed E-state index contributed by atoms with van der Waals surface area (Å²) in [6, 6.07) is 0. The van der Waals surface area contributed by atoms with Crippen LogP contribution in [0.25, 0.3) is 11.2 Å². The molecule has 2 aromatic rings. The number of alkyl halides is 6. The number of nitrogens with two attached hydrogens (primary N) is 1. The van der Waals surface area contributed by atoms with Crippen LogP contribution in [0.5, 0.6) is 0 Å². The minimum atomic E-state index is -4.92. The van der Waals surface area contributed by atoms with E-state index in [2.05, 4.69) is 24.0 Å². The van der Waals surface area contributed by atoms with E-state index in [0.29, 0.717) is 17.0 Å². The van der Waals surface area contributed by atoms with Crippen molar-refractivity contribution >= 4 is 30.5 Å².